The van der Waals surface area contributed by atoms with Crippen molar-refractivity contribution in [3.8, 4) is 5.75 Å². The van der Waals surface area contributed by atoms with Gasteiger partial charge in [-0.2, -0.15) is 5.10 Å². The first-order valence-electron chi connectivity index (χ1n) is 19.2. The molecule has 0 bridgehead atoms. The summed E-state index contributed by atoms with van der Waals surface area (Å²) in [6.45, 7) is 6.17. The average Bonchev–Trinajstić information content (AvgIpc) is 3.87. The smallest absolute Gasteiger partial charge is 0.319 e. The van der Waals surface area contributed by atoms with Crippen LogP contribution in [0.4, 0.5) is 0 Å². The Morgan fingerprint density at radius 2 is 1.82 bits per heavy atom. The van der Waals surface area contributed by atoms with E-state index in [1.807, 2.05) is 54.0 Å². The Bertz CT molecular complexity index is 2290. The Morgan fingerprint density at radius 1 is 1.04 bits per heavy atom. The first-order chi connectivity index (χ1) is 26.4. The van der Waals surface area contributed by atoms with E-state index in [1.54, 1.807) is 12.1 Å². The molecule has 55 heavy (non-hydrogen) atoms. The van der Waals surface area contributed by atoms with Crippen molar-refractivity contribution in [3.05, 3.63) is 128 Å². The van der Waals surface area contributed by atoms with Crippen LogP contribution in [0.1, 0.15) is 73.6 Å². The molecule has 5 N–H and O–H groups in total. The number of β-amino-alcohol motifs (C(OH)–C–C–N with tert-alkyl or cyclic N) is 1. The van der Waals surface area contributed by atoms with Crippen LogP contribution in [-0.4, -0.2) is 72.7 Å². The number of rotatable bonds is 15. The van der Waals surface area contributed by atoms with Crippen molar-refractivity contribution in [2.24, 2.45) is 5.92 Å². The zero-order chi connectivity index (χ0) is 38.7. The number of H-pyrrole nitrogens is 1. The SMILES string of the molecule is CN(CCn1ncc2cc(CC(C)(C)NC[C@@H](O)c3ccc(O)c4[nH]c(=O)ccc34)ccc21)C1CCC(CC(C(=O)O)(c2ccccc2)c2cccs2)CC1. The van der Waals surface area contributed by atoms with E-state index in [2.05, 4.69) is 59.0 Å². The molecule has 11 heteroatoms. The van der Waals surface area contributed by atoms with Crippen LogP contribution in [0.2, 0.25) is 0 Å². The number of carboxylic acids is 1. The number of benzene rings is 3. The van der Waals surface area contributed by atoms with Gasteiger partial charge < -0.3 is 30.5 Å². The summed E-state index contributed by atoms with van der Waals surface area (Å²) in [4.78, 5) is 30.9. The molecule has 10 nitrogen and oxygen atoms in total. The predicted molar refractivity (Wildman–Crippen MR) is 219 cm³/mol. The lowest BCUT2D eigenvalue weighted by Gasteiger charge is -2.38. The predicted octanol–water partition coefficient (Wildman–Crippen LogP) is 7.24. The van der Waals surface area contributed by atoms with Gasteiger partial charge in [-0.25, -0.2) is 0 Å². The van der Waals surface area contributed by atoms with Gasteiger partial charge in [0, 0.05) is 46.4 Å². The normalized spacial score (nSPS) is 18.1. The minimum absolute atomic E-state index is 0.0304. The molecule has 1 aliphatic rings. The topological polar surface area (TPSA) is 144 Å². The molecule has 6 aromatic rings. The molecule has 0 amide bonds. The van der Waals surface area contributed by atoms with E-state index in [1.165, 1.54) is 29.0 Å². The highest BCUT2D eigenvalue weighted by Crippen LogP contribution is 2.44. The number of phenolic OH excluding ortho intramolecular Hbond substituents is 1. The van der Waals surface area contributed by atoms with Gasteiger partial charge in [0.1, 0.15) is 11.2 Å². The second-order valence-electron chi connectivity index (χ2n) is 15.9. The van der Waals surface area contributed by atoms with E-state index in [-0.39, 0.29) is 16.8 Å². The van der Waals surface area contributed by atoms with Crippen molar-refractivity contribution in [3.63, 3.8) is 0 Å². The molecule has 0 saturated heterocycles. The van der Waals surface area contributed by atoms with Gasteiger partial charge in [-0.05, 0) is 118 Å². The van der Waals surface area contributed by atoms with Crippen LogP contribution in [0.25, 0.3) is 21.8 Å². The molecule has 2 atom stereocenters. The van der Waals surface area contributed by atoms with E-state index >= 15 is 0 Å². The standard InChI is InChI=1S/C44H51N5O5S/c1-43(2,45-28-38(51)34-16-19-37(50)41-35(34)17-20-40(52)47-41)25-30-13-18-36-31(24-30)27-46-49(36)22-21-48(3)33-14-11-29(12-15-33)26-44(42(53)54,39-10-7-23-55-39)32-8-5-4-6-9-32/h4-10,13,16-20,23-24,27,29,33,38,45,50-51H,11-12,14-15,21-22,25-26,28H2,1-3H3,(H,47,52)(H,53,54)/t29?,33?,38-,44?/m1/s1. The molecule has 3 heterocycles. The van der Waals surface area contributed by atoms with Crippen LogP contribution in [-0.2, 0) is 23.2 Å². The van der Waals surface area contributed by atoms with Gasteiger partial charge in [0.05, 0.1) is 29.9 Å². The van der Waals surface area contributed by atoms with Crippen LogP contribution in [0, 0.1) is 5.92 Å². The van der Waals surface area contributed by atoms with Gasteiger partial charge in [-0.1, -0.05) is 48.5 Å². The molecule has 0 spiro atoms. The molecule has 7 rings (SSSR count). The van der Waals surface area contributed by atoms with E-state index in [9.17, 15) is 24.9 Å². The number of likely N-dealkylation sites (N-methyl/N-ethyl adjacent to an activating group) is 1. The number of nitrogens with zero attached hydrogens (tertiary/aromatic N) is 3. The highest BCUT2D eigenvalue weighted by atomic mass is 32.1. The van der Waals surface area contributed by atoms with E-state index in [0.717, 1.165) is 66.5 Å². The van der Waals surface area contributed by atoms with Gasteiger partial charge in [0.25, 0.3) is 0 Å². The van der Waals surface area contributed by atoms with Gasteiger partial charge in [0.15, 0.2) is 0 Å². The van der Waals surface area contributed by atoms with Gasteiger partial charge in [-0.15, -0.1) is 11.3 Å². The Labute approximate surface area is 325 Å². The number of fused-ring (bicyclic) bond motifs is 2. The number of aliphatic hydroxyl groups is 1. The number of pyridine rings is 1. The van der Waals surface area contributed by atoms with E-state index in [0.29, 0.717) is 41.4 Å². The maximum atomic E-state index is 13.0. The van der Waals surface area contributed by atoms with Gasteiger partial charge >= 0.3 is 5.97 Å². The van der Waals surface area contributed by atoms with Crippen LogP contribution in [0.15, 0.2) is 101 Å². The van der Waals surface area contributed by atoms with Crippen molar-refractivity contribution in [2.45, 2.75) is 82.0 Å². The summed E-state index contributed by atoms with van der Waals surface area (Å²) in [6, 6.07) is 26.8. The molecule has 288 valence electrons. The van der Waals surface area contributed by atoms with Gasteiger partial charge in [0.2, 0.25) is 5.56 Å². The number of aromatic nitrogens is 3. The van der Waals surface area contributed by atoms with E-state index < -0.39 is 17.5 Å². The van der Waals surface area contributed by atoms with Crippen molar-refractivity contribution < 1.29 is 20.1 Å². The number of hydrogen-bond donors (Lipinski definition) is 5. The number of aliphatic carboxylic acids is 1. The number of carbonyl (C=O) groups is 1. The monoisotopic (exact) mass is 761 g/mol. The summed E-state index contributed by atoms with van der Waals surface area (Å²) in [5, 5.41) is 44.0. The molecule has 0 aliphatic heterocycles. The van der Waals surface area contributed by atoms with Crippen LogP contribution in [0.3, 0.4) is 0 Å². The minimum atomic E-state index is -1.02. The Hall–Kier alpha value is -4.81. The number of carboxylic acid groups (broad SMARTS) is 1. The third-order valence-corrected chi connectivity index (χ3v) is 12.7. The number of phenols is 1. The fourth-order valence-corrected chi connectivity index (χ4v) is 9.56. The summed E-state index contributed by atoms with van der Waals surface area (Å²) in [7, 11) is 2.20. The molecule has 1 aliphatic carbocycles. The number of hydrogen-bond acceptors (Lipinski definition) is 8. The largest absolute Gasteiger partial charge is 0.506 e. The summed E-state index contributed by atoms with van der Waals surface area (Å²) in [5.74, 6) is -0.460. The highest BCUT2D eigenvalue weighted by molar-refractivity contribution is 7.10. The molecule has 1 fully saturated rings. The summed E-state index contributed by atoms with van der Waals surface area (Å²) in [6.07, 6.45) is 6.56. The van der Waals surface area contributed by atoms with Crippen molar-refractivity contribution in [2.75, 3.05) is 20.1 Å². The van der Waals surface area contributed by atoms with Crippen molar-refractivity contribution in [1.82, 2.24) is 25.0 Å². The Morgan fingerprint density at radius 3 is 2.55 bits per heavy atom. The summed E-state index contributed by atoms with van der Waals surface area (Å²) < 4.78 is 2.08. The second kappa shape index (κ2) is 16.1. The van der Waals surface area contributed by atoms with Crippen LogP contribution >= 0.6 is 11.3 Å². The lowest BCUT2D eigenvalue weighted by molar-refractivity contribution is -0.142. The van der Waals surface area contributed by atoms with Crippen LogP contribution in [0.5, 0.6) is 5.75 Å². The molecule has 0 radical (unpaired) electrons. The van der Waals surface area contributed by atoms with Crippen molar-refractivity contribution >= 4 is 39.1 Å². The molecule has 1 unspecified atom stereocenters. The maximum Gasteiger partial charge on any atom is 0.319 e. The first-order valence-corrected chi connectivity index (χ1v) is 20.1. The molecular weight excluding hydrogens is 711 g/mol. The zero-order valence-electron chi connectivity index (χ0n) is 31.7. The molecular formula is C44H51N5O5S. The van der Waals surface area contributed by atoms with Crippen LogP contribution < -0.4 is 10.9 Å². The van der Waals surface area contributed by atoms with E-state index in [4.69, 9.17) is 5.10 Å². The second-order valence-corrected chi connectivity index (χ2v) is 16.9. The van der Waals surface area contributed by atoms with Gasteiger partial charge in [-0.3, -0.25) is 14.3 Å². The number of nitrogens with one attached hydrogen (secondary N) is 2. The zero-order valence-corrected chi connectivity index (χ0v) is 32.6. The lowest BCUT2D eigenvalue weighted by Crippen LogP contribution is -2.43. The third-order valence-electron chi connectivity index (χ3n) is 11.7. The number of aromatic hydroxyl groups is 1. The fourth-order valence-electron chi connectivity index (χ4n) is 8.61. The molecule has 3 aromatic carbocycles. The lowest BCUT2D eigenvalue weighted by atomic mass is 9.69. The fraction of sp³-hybridized carbons (Fsp3) is 0.386. The molecule has 3 aromatic heterocycles. The Balaban J connectivity index is 0.924. The molecule has 1 saturated carbocycles. The first kappa shape index (κ1) is 38.5. The Kier molecular flexibility index (Phi) is 11.3. The average molecular weight is 762 g/mol. The quantitative estimate of drug-likeness (QED) is 0.0737. The van der Waals surface area contributed by atoms with Crippen molar-refractivity contribution in [1.29, 1.82) is 0 Å². The minimum Gasteiger partial charge on any atom is -0.506 e. The number of thiophene rings is 1. The number of aromatic amines is 1. The summed E-state index contributed by atoms with van der Waals surface area (Å²) in [5.41, 5.74) is 2.42. The third kappa shape index (κ3) is 8.26. The number of aliphatic hydroxyl groups excluding tert-OH is 1. The maximum absolute atomic E-state index is 13.0. The summed E-state index contributed by atoms with van der Waals surface area (Å²) >= 11 is 1.54. The highest BCUT2D eigenvalue weighted by Gasteiger charge is 2.45.